The van der Waals surface area contributed by atoms with Gasteiger partial charge in [-0.25, -0.2) is 4.79 Å². The lowest BCUT2D eigenvalue weighted by atomic mass is 9.81. The van der Waals surface area contributed by atoms with E-state index in [-0.39, 0.29) is 11.7 Å². The molecule has 0 amide bonds. The number of carbonyl (C=O) groups is 2. The Morgan fingerprint density at radius 3 is 2.75 bits per heavy atom. The first-order valence-corrected chi connectivity index (χ1v) is 6.47. The van der Waals surface area contributed by atoms with Gasteiger partial charge in [-0.1, -0.05) is 42.5 Å². The zero-order valence-corrected chi connectivity index (χ0v) is 11.0. The van der Waals surface area contributed by atoms with Gasteiger partial charge in [0.1, 0.15) is 0 Å². The third-order valence-corrected chi connectivity index (χ3v) is 3.72. The van der Waals surface area contributed by atoms with Crippen LogP contribution in [-0.2, 0) is 19.1 Å². The van der Waals surface area contributed by atoms with Crippen molar-refractivity contribution in [3.63, 3.8) is 0 Å². The highest BCUT2D eigenvalue weighted by Crippen LogP contribution is 2.43. The summed E-state index contributed by atoms with van der Waals surface area (Å²) in [7, 11) is 1.28. The first-order valence-electron chi connectivity index (χ1n) is 6.47. The number of rotatable bonds is 2. The van der Waals surface area contributed by atoms with Gasteiger partial charge in [-0.05, 0) is 17.6 Å². The van der Waals surface area contributed by atoms with Gasteiger partial charge in [-0.3, -0.25) is 4.79 Å². The Kier molecular flexibility index (Phi) is 3.14. The molecule has 4 heteroatoms. The van der Waals surface area contributed by atoms with E-state index in [4.69, 9.17) is 4.74 Å². The molecule has 0 radical (unpaired) electrons. The Balaban J connectivity index is 2.04. The van der Waals surface area contributed by atoms with E-state index < -0.39 is 17.9 Å². The van der Waals surface area contributed by atoms with Crippen molar-refractivity contribution in [1.82, 2.24) is 0 Å². The van der Waals surface area contributed by atoms with Crippen molar-refractivity contribution in [2.24, 2.45) is 5.92 Å². The highest BCUT2D eigenvalue weighted by Gasteiger charge is 2.42. The van der Waals surface area contributed by atoms with E-state index in [0.717, 1.165) is 11.1 Å². The zero-order chi connectivity index (χ0) is 14.1. The van der Waals surface area contributed by atoms with Gasteiger partial charge in [-0.15, -0.1) is 0 Å². The average Bonchev–Trinajstić information content (AvgIpc) is 2.95. The number of cyclic esters (lactones) is 1. The second-order valence-corrected chi connectivity index (χ2v) is 4.81. The molecule has 2 atom stereocenters. The molecule has 0 unspecified atom stereocenters. The molecule has 0 saturated carbocycles. The molecule has 0 fully saturated rings. The topological polar surface area (TPSA) is 52.6 Å². The minimum atomic E-state index is -0.589. The summed E-state index contributed by atoms with van der Waals surface area (Å²) < 4.78 is 9.93. The number of methoxy groups -OCH3 is 1. The molecule has 1 heterocycles. The molecular weight excluding hydrogens is 256 g/mol. The Labute approximate surface area is 116 Å². The number of esters is 2. The monoisotopic (exact) mass is 270 g/mol. The first kappa shape index (κ1) is 12.7. The molecular formula is C16H14O4. The predicted octanol–water partition coefficient (Wildman–Crippen LogP) is 2.33. The van der Waals surface area contributed by atoms with Crippen molar-refractivity contribution in [3.8, 4) is 0 Å². The van der Waals surface area contributed by atoms with Crippen molar-refractivity contribution in [1.29, 1.82) is 0 Å². The van der Waals surface area contributed by atoms with Crippen LogP contribution in [0.1, 0.15) is 17.9 Å². The Morgan fingerprint density at radius 1 is 1.30 bits per heavy atom. The highest BCUT2D eigenvalue weighted by atomic mass is 16.6. The van der Waals surface area contributed by atoms with Gasteiger partial charge in [-0.2, -0.15) is 0 Å². The van der Waals surface area contributed by atoms with Crippen LogP contribution in [0.15, 0.2) is 53.8 Å². The van der Waals surface area contributed by atoms with Gasteiger partial charge >= 0.3 is 11.9 Å². The van der Waals surface area contributed by atoms with E-state index >= 15 is 0 Å². The minimum Gasteiger partial charge on any atom is -0.463 e. The minimum absolute atomic E-state index is 0.0553. The van der Waals surface area contributed by atoms with E-state index in [0.29, 0.717) is 6.42 Å². The van der Waals surface area contributed by atoms with Crippen LogP contribution in [0.3, 0.4) is 0 Å². The summed E-state index contributed by atoms with van der Waals surface area (Å²) >= 11 is 0. The summed E-state index contributed by atoms with van der Waals surface area (Å²) in [5, 5.41) is 0. The summed E-state index contributed by atoms with van der Waals surface area (Å²) in [4.78, 5) is 24.0. The molecule has 102 valence electrons. The molecule has 0 bridgehead atoms. The van der Waals surface area contributed by atoms with Crippen LogP contribution in [0.5, 0.6) is 0 Å². The summed E-state index contributed by atoms with van der Waals surface area (Å²) in [6, 6.07) is 9.48. The quantitative estimate of drug-likeness (QED) is 0.611. The molecule has 1 aromatic rings. The van der Waals surface area contributed by atoms with E-state index in [1.807, 2.05) is 42.5 Å². The molecule has 0 aromatic heterocycles. The average molecular weight is 270 g/mol. The van der Waals surface area contributed by atoms with Crippen molar-refractivity contribution >= 4 is 11.9 Å². The molecule has 4 nitrogen and oxygen atoms in total. The van der Waals surface area contributed by atoms with Gasteiger partial charge in [0.15, 0.2) is 0 Å². The molecule has 2 aliphatic rings. The van der Waals surface area contributed by atoms with Gasteiger partial charge in [0.25, 0.3) is 0 Å². The van der Waals surface area contributed by atoms with Crippen molar-refractivity contribution in [2.45, 2.75) is 12.3 Å². The molecule has 0 saturated heterocycles. The van der Waals surface area contributed by atoms with E-state index in [9.17, 15) is 9.59 Å². The largest absolute Gasteiger partial charge is 0.463 e. The fraction of sp³-hybridized carbons (Fsp3) is 0.250. The third-order valence-electron chi connectivity index (χ3n) is 3.72. The number of ether oxygens (including phenoxy) is 2. The summed E-state index contributed by atoms with van der Waals surface area (Å²) in [5.41, 5.74) is 1.72. The second-order valence-electron chi connectivity index (χ2n) is 4.81. The van der Waals surface area contributed by atoms with Crippen LogP contribution in [0.4, 0.5) is 0 Å². The highest BCUT2D eigenvalue weighted by molar-refractivity contribution is 5.94. The summed E-state index contributed by atoms with van der Waals surface area (Å²) in [5.74, 6) is -1.45. The Morgan fingerprint density at radius 2 is 2.05 bits per heavy atom. The van der Waals surface area contributed by atoms with Crippen molar-refractivity contribution in [2.75, 3.05) is 7.11 Å². The van der Waals surface area contributed by atoms with Gasteiger partial charge in [0, 0.05) is 5.92 Å². The molecule has 0 spiro atoms. The maximum absolute atomic E-state index is 12.3. The fourth-order valence-electron chi connectivity index (χ4n) is 2.80. The van der Waals surface area contributed by atoms with Gasteiger partial charge < -0.3 is 9.47 Å². The maximum atomic E-state index is 12.3. The SMILES string of the molecule is COC(=O)C1=C2CC=C[C@H]2[C@@H](c2ccccc2)C(=O)O1. The van der Waals surface area contributed by atoms with Gasteiger partial charge in [0.2, 0.25) is 5.76 Å². The predicted molar refractivity (Wildman–Crippen MR) is 71.6 cm³/mol. The number of allylic oxidation sites excluding steroid dienone is 3. The van der Waals surface area contributed by atoms with Crippen LogP contribution in [0.25, 0.3) is 0 Å². The third kappa shape index (κ3) is 1.93. The molecule has 0 N–H and O–H groups in total. The first-order chi connectivity index (χ1) is 9.72. The van der Waals surface area contributed by atoms with Crippen LogP contribution in [0.2, 0.25) is 0 Å². The molecule has 20 heavy (non-hydrogen) atoms. The fourth-order valence-corrected chi connectivity index (χ4v) is 2.80. The second kappa shape index (κ2) is 4.96. The van der Waals surface area contributed by atoms with Crippen molar-refractivity contribution in [3.05, 3.63) is 59.4 Å². The zero-order valence-electron chi connectivity index (χ0n) is 11.0. The molecule has 1 aliphatic heterocycles. The van der Waals surface area contributed by atoms with Crippen LogP contribution in [0, 0.1) is 5.92 Å². The standard InChI is InChI=1S/C16H14O4/c1-19-16(18)14-12-9-5-8-11(12)13(15(17)20-14)10-6-3-2-4-7-10/h2-8,11,13H,9H2,1H3/t11-,13-/m1/s1. The summed E-state index contributed by atoms with van der Waals surface area (Å²) in [6.07, 6.45) is 4.54. The number of benzene rings is 1. The molecule has 1 aromatic carbocycles. The lowest BCUT2D eigenvalue weighted by molar-refractivity contribution is -0.153. The van der Waals surface area contributed by atoms with Crippen LogP contribution >= 0.6 is 0 Å². The number of hydrogen-bond acceptors (Lipinski definition) is 4. The van der Waals surface area contributed by atoms with Crippen LogP contribution < -0.4 is 0 Å². The number of fused-ring (bicyclic) bond motifs is 1. The molecule has 1 aliphatic carbocycles. The Hall–Kier alpha value is -2.36. The maximum Gasteiger partial charge on any atom is 0.374 e. The van der Waals surface area contributed by atoms with E-state index in [1.165, 1.54) is 7.11 Å². The van der Waals surface area contributed by atoms with Crippen molar-refractivity contribution < 1.29 is 19.1 Å². The van der Waals surface area contributed by atoms with Gasteiger partial charge in [0.05, 0.1) is 13.0 Å². The molecule has 3 rings (SSSR count). The number of hydrogen-bond donors (Lipinski definition) is 0. The lowest BCUT2D eigenvalue weighted by Gasteiger charge is -2.29. The normalized spacial score (nSPS) is 24.4. The van der Waals surface area contributed by atoms with Crippen LogP contribution in [-0.4, -0.2) is 19.0 Å². The smallest absolute Gasteiger partial charge is 0.374 e. The summed E-state index contributed by atoms with van der Waals surface area (Å²) in [6.45, 7) is 0. The number of carbonyl (C=O) groups excluding carboxylic acids is 2. The van der Waals surface area contributed by atoms with E-state index in [1.54, 1.807) is 0 Å². The Bertz CT molecular complexity index is 613. The lowest BCUT2D eigenvalue weighted by Crippen LogP contribution is -2.31. The van der Waals surface area contributed by atoms with E-state index in [2.05, 4.69) is 4.74 Å².